The van der Waals surface area contributed by atoms with E-state index in [4.69, 9.17) is 0 Å². The van der Waals surface area contributed by atoms with Gasteiger partial charge in [-0.05, 0) is 30.9 Å². The summed E-state index contributed by atoms with van der Waals surface area (Å²) >= 11 is 1.40. The van der Waals surface area contributed by atoms with Crippen molar-refractivity contribution in [2.24, 2.45) is 5.92 Å². The van der Waals surface area contributed by atoms with E-state index in [2.05, 4.69) is 13.0 Å². The molecule has 0 heterocycles. The van der Waals surface area contributed by atoms with Gasteiger partial charge in [0, 0.05) is 4.90 Å². The van der Waals surface area contributed by atoms with Gasteiger partial charge in [-0.15, -0.1) is 11.8 Å². The van der Waals surface area contributed by atoms with Gasteiger partial charge in [-0.1, -0.05) is 31.9 Å². The van der Waals surface area contributed by atoms with Gasteiger partial charge >= 0.3 is 0 Å². The van der Waals surface area contributed by atoms with E-state index in [1.165, 1.54) is 24.2 Å². The minimum Gasteiger partial charge on any atom is -0.206 e. The van der Waals surface area contributed by atoms with Crippen LogP contribution in [0.25, 0.3) is 0 Å². The molecule has 1 aliphatic carbocycles. The van der Waals surface area contributed by atoms with Gasteiger partial charge in [0.2, 0.25) is 0 Å². The van der Waals surface area contributed by atoms with E-state index in [0.29, 0.717) is 10.8 Å². The Morgan fingerprint density at radius 3 is 2.76 bits per heavy atom. The zero-order chi connectivity index (χ0) is 12.3. The van der Waals surface area contributed by atoms with Crippen LogP contribution in [0.15, 0.2) is 29.2 Å². The normalized spacial score (nSPS) is 27.2. The molecule has 1 aliphatic rings. The number of rotatable bonds is 4. The van der Waals surface area contributed by atoms with Crippen LogP contribution in [-0.4, -0.2) is 4.75 Å². The van der Waals surface area contributed by atoms with Crippen LogP contribution in [-0.2, 0) is 0 Å². The van der Waals surface area contributed by atoms with Crippen LogP contribution in [0, 0.1) is 23.1 Å². The van der Waals surface area contributed by atoms with Gasteiger partial charge in [0.25, 0.3) is 0 Å². The molecule has 0 atom stereocenters. The molecule has 17 heavy (non-hydrogen) atoms. The van der Waals surface area contributed by atoms with Crippen molar-refractivity contribution in [3.63, 3.8) is 0 Å². The Kier molecular flexibility index (Phi) is 3.73. The van der Waals surface area contributed by atoms with E-state index in [1.807, 2.05) is 6.07 Å². The highest BCUT2D eigenvalue weighted by Crippen LogP contribution is 2.52. The number of nitrogens with zero attached hydrogens (tertiary/aromatic N) is 1. The van der Waals surface area contributed by atoms with Crippen molar-refractivity contribution in [2.75, 3.05) is 0 Å². The minimum atomic E-state index is -0.387. The Morgan fingerprint density at radius 1 is 1.47 bits per heavy atom. The summed E-state index contributed by atoms with van der Waals surface area (Å²) in [5.74, 6) is 0.435. The number of hydrogen-bond donors (Lipinski definition) is 0. The van der Waals surface area contributed by atoms with Gasteiger partial charge in [0.15, 0.2) is 0 Å². The van der Waals surface area contributed by atoms with Crippen LogP contribution in [0.5, 0.6) is 0 Å². The molecule has 1 aromatic carbocycles. The standard InChI is InChI=1S/C14H16FNS/c1-2-5-11-8-14(9-11,10-16)17-13-7-4-3-6-12(13)15/h3-4,6-7,11H,2,5,8-9H2,1H3. The van der Waals surface area contributed by atoms with E-state index < -0.39 is 0 Å². The number of nitriles is 1. The lowest BCUT2D eigenvalue weighted by molar-refractivity contribution is 0.258. The van der Waals surface area contributed by atoms with Gasteiger partial charge in [-0.3, -0.25) is 0 Å². The second kappa shape index (κ2) is 5.10. The molecule has 90 valence electrons. The summed E-state index contributed by atoms with van der Waals surface area (Å²) in [5, 5.41) is 9.28. The predicted molar refractivity (Wildman–Crippen MR) is 68.2 cm³/mol. The molecule has 0 spiro atoms. The molecule has 3 heteroatoms. The first-order valence-corrected chi connectivity index (χ1v) is 6.85. The highest BCUT2D eigenvalue weighted by Gasteiger charge is 2.45. The maximum absolute atomic E-state index is 13.5. The van der Waals surface area contributed by atoms with Gasteiger partial charge in [0.1, 0.15) is 10.6 Å². The molecule has 0 bridgehead atoms. The molecule has 0 aromatic heterocycles. The molecule has 1 nitrogen and oxygen atoms in total. The number of thioether (sulfide) groups is 1. The summed E-state index contributed by atoms with van der Waals surface area (Å²) in [6.07, 6.45) is 4.14. The van der Waals surface area contributed by atoms with Crippen LogP contribution < -0.4 is 0 Å². The molecular formula is C14H16FNS. The van der Waals surface area contributed by atoms with E-state index in [0.717, 1.165) is 19.3 Å². The molecule has 1 aromatic rings. The summed E-state index contributed by atoms with van der Waals surface area (Å²) in [6, 6.07) is 9.08. The molecule has 2 rings (SSSR count). The van der Waals surface area contributed by atoms with Crippen molar-refractivity contribution in [1.82, 2.24) is 0 Å². The van der Waals surface area contributed by atoms with Crippen molar-refractivity contribution >= 4 is 11.8 Å². The maximum Gasteiger partial charge on any atom is 0.136 e. The summed E-state index contributed by atoms with van der Waals surface area (Å²) in [4.78, 5) is 0.601. The molecule has 0 aliphatic heterocycles. The molecule has 0 unspecified atom stereocenters. The van der Waals surface area contributed by atoms with E-state index >= 15 is 0 Å². The molecule has 0 saturated heterocycles. The quantitative estimate of drug-likeness (QED) is 0.790. The van der Waals surface area contributed by atoms with Crippen molar-refractivity contribution in [3.05, 3.63) is 30.1 Å². The van der Waals surface area contributed by atoms with E-state index in [9.17, 15) is 9.65 Å². The third-order valence-electron chi connectivity index (χ3n) is 3.28. The van der Waals surface area contributed by atoms with Crippen LogP contribution in [0.1, 0.15) is 32.6 Å². The Labute approximate surface area is 106 Å². The number of benzene rings is 1. The minimum absolute atomic E-state index is 0.217. The first-order valence-electron chi connectivity index (χ1n) is 6.04. The molecule has 0 radical (unpaired) electrons. The summed E-state index contributed by atoms with van der Waals surface area (Å²) < 4.78 is 13.1. The number of hydrogen-bond acceptors (Lipinski definition) is 2. The average Bonchev–Trinajstić information content (AvgIpc) is 2.29. The average molecular weight is 249 g/mol. The van der Waals surface area contributed by atoms with Crippen molar-refractivity contribution in [2.45, 2.75) is 42.2 Å². The van der Waals surface area contributed by atoms with Gasteiger partial charge in [0.05, 0.1) is 6.07 Å². The Hall–Kier alpha value is -1.01. The Morgan fingerprint density at radius 2 is 2.18 bits per heavy atom. The monoisotopic (exact) mass is 249 g/mol. The highest BCUT2D eigenvalue weighted by molar-refractivity contribution is 8.01. The fraction of sp³-hybridized carbons (Fsp3) is 0.500. The largest absolute Gasteiger partial charge is 0.206 e. The van der Waals surface area contributed by atoms with Crippen LogP contribution >= 0.6 is 11.8 Å². The third kappa shape index (κ3) is 2.63. The summed E-state index contributed by atoms with van der Waals surface area (Å²) in [7, 11) is 0. The van der Waals surface area contributed by atoms with E-state index in [-0.39, 0.29) is 10.6 Å². The van der Waals surface area contributed by atoms with Crippen molar-refractivity contribution in [1.29, 1.82) is 5.26 Å². The lowest BCUT2D eigenvalue weighted by atomic mass is 9.73. The van der Waals surface area contributed by atoms with Gasteiger partial charge < -0.3 is 0 Å². The Bertz CT molecular complexity index is 432. The fourth-order valence-corrected chi connectivity index (χ4v) is 3.84. The molecule has 1 fully saturated rings. The van der Waals surface area contributed by atoms with Crippen LogP contribution in [0.3, 0.4) is 0 Å². The second-order valence-corrected chi connectivity index (χ2v) is 6.13. The molecule has 0 N–H and O–H groups in total. The second-order valence-electron chi connectivity index (χ2n) is 4.70. The first-order chi connectivity index (χ1) is 8.19. The van der Waals surface area contributed by atoms with Crippen LogP contribution in [0.2, 0.25) is 0 Å². The lowest BCUT2D eigenvalue weighted by Gasteiger charge is -2.42. The third-order valence-corrected chi connectivity index (χ3v) is 4.65. The highest BCUT2D eigenvalue weighted by atomic mass is 32.2. The smallest absolute Gasteiger partial charge is 0.136 e. The molecular weight excluding hydrogens is 233 g/mol. The maximum atomic E-state index is 13.5. The van der Waals surface area contributed by atoms with E-state index in [1.54, 1.807) is 12.1 Å². The summed E-state index contributed by atoms with van der Waals surface area (Å²) in [5.41, 5.74) is 0. The first kappa shape index (κ1) is 12.4. The van der Waals surface area contributed by atoms with Crippen molar-refractivity contribution in [3.8, 4) is 6.07 Å². The summed E-state index contributed by atoms with van der Waals surface area (Å²) in [6.45, 7) is 2.16. The zero-order valence-electron chi connectivity index (χ0n) is 9.95. The zero-order valence-corrected chi connectivity index (χ0v) is 10.8. The van der Waals surface area contributed by atoms with Crippen molar-refractivity contribution < 1.29 is 4.39 Å². The van der Waals surface area contributed by atoms with Crippen LogP contribution in [0.4, 0.5) is 4.39 Å². The Balaban J connectivity index is 2.04. The predicted octanol–water partition coefficient (Wildman–Crippen LogP) is 4.39. The molecule has 0 amide bonds. The van der Waals surface area contributed by atoms with Gasteiger partial charge in [-0.2, -0.15) is 5.26 Å². The SMILES string of the molecule is CCCC1CC(C#N)(Sc2ccccc2F)C1. The topological polar surface area (TPSA) is 23.8 Å². The molecule has 1 saturated carbocycles. The number of halogens is 1. The van der Waals surface area contributed by atoms with Gasteiger partial charge in [-0.25, -0.2) is 4.39 Å². The lowest BCUT2D eigenvalue weighted by Crippen LogP contribution is -2.39. The fourth-order valence-electron chi connectivity index (χ4n) is 2.42.